The Labute approximate surface area is 115 Å². The topological polar surface area (TPSA) is 17.1 Å². The van der Waals surface area contributed by atoms with Gasteiger partial charge in [0.05, 0.1) is 11.0 Å². The number of hydrogen-bond donors (Lipinski definition) is 0. The third-order valence-electron chi connectivity index (χ3n) is 3.31. The SMILES string of the molecule is CC(C)(C(=O)c1ccc(F)cc1F)c1ccc(F)cc1. The molecule has 4 heteroatoms. The molecule has 104 valence electrons. The Balaban J connectivity index is 2.42. The van der Waals surface area contributed by atoms with Gasteiger partial charge in [-0.2, -0.15) is 0 Å². The van der Waals surface area contributed by atoms with Crippen molar-refractivity contribution in [2.24, 2.45) is 0 Å². The molecule has 0 aromatic heterocycles. The summed E-state index contributed by atoms with van der Waals surface area (Å²) in [5.41, 5.74) is -0.653. The standard InChI is InChI=1S/C16H13F3O/c1-16(2,10-3-5-11(17)6-4-10)15(20)13-8-7-12(18)9-14(13)19/h3-9H,1-2H3. The molecule has 2 aromatic rings. The number of ketones is 1. The first-order valence-electron chi connectivity index (χ1n) is 6.08. The maximum atomic E-state index is 13.7. The van der Waals surface area contributed by atoms with Crippen LogP contribution in [0.15, 0.2) is 42.5 Å². The predicted molar refractivity (Wildman–Crippen MR) is 70.1 cm³/mol. The maximum Gasteiger partial charge on any atom is 0.175 e. The van der Waals surface area contributed by atoms with Crippen molar-refractivity contribution in [3.8, 4) is 0 Å². The molecule has 0 N–H and O–H groups in total. The number of benzene rings is 2. The summed E-state index contributed by atoms with van der Waals surface area (Å²) in [5.74, 6) is -2.53. The van der Waals surface area contributed by atoms with Gasteiger partial charge in [0.25, 0.3) is 0 Å². The Morgan fingerprint density at radius 1 is 0.900 bits per heavy atom. The van der Waals surface area contributed by atoms with E-state index in [4.69, 9.17) is 0 Å². The highest BCUT2D eigenvalue weighted by Crippen LogP contribution is 2.29. The molecule has 0 heterocycles. The van der Waals surface area contributed by atoms with E-state index < -0.39 is 28.6 Å². The predicted octanol–water partition coefficient (Wildman–Crippen LogP) is 4.26. The summed E-state index contributed by atoms with van der Waals surface area (Å²) >= 11 is 0. The van der Waals surface area contributed by atoms with Crippen LogP contribution < -0.4 is 0 Å². The molecule has 0 saturated carbocycles. The second-order valence-electron chi connectivity index (χ2n) is 5.09. The fourth-order valence-electron chi connectivity index (χ4n) is 2.01. The molecule has 0 aliphatic rings. The quantitative estimate of drug-likeness (QED) is 0.766. The van der Waals surface area contributed by atoms with Crippen molar-refractivity contribution in [1.82, 2.24) is 0 Å². The van der Waals surface area contributed by atoms with Crippen molar-refractivity contribution in [3.63, 3.8) is 0 Å². The van der Waals surface area contributed by atoms with Crippen LogP contribution in [0.5, 0.6) is 0 Å². The fourth-order valence-corrected chi connectivity index (χ4v) is 2.01. The van der Waals surface area contributed by atoms with Crippen molar-refractivity contribution >= 4 is 5.78 Å². The molecule has 1 nitrogen and oxygen atoms in total. The molecule has 0 atom stereocenters. The van der Waals surface area contributed by atoms with E-state index in [0.717, 1.165) is 12.1 Å². The summed E-state index contributed by atoms with van der Waals surface area (Å²) in [6.07, 6.45) is 0. The highest BCUT2D eigenvalue weighted by molar-refractivity contribution is 6.03. The molecule has 0 aliphatic carbocycles. The van der Waals surface area contributed by atoms with Gasteiger partial charge >= 0.3 is 0 Å². The summed E-state index contributed by atoms with van der Waals surface area (Å²) in [6.45, 7) is 3.23. The summed E-state index contributed by atoms with van der Waals surface area (Å²) in [4.78, 5) is 12.4. The number of carbonyl (C=O) groups is 1. The highest BCUT2D eigenvalue weighted by atomic mass is 19.1. The monoisotopic (exact) mass is 278 g/mol. The average Bonchev–Trinajstić information content (AvgIpc) is 2.38. The Hall–Kier alpha value is -2.10. The molecule has 2 rings (SSSR count). The minimum Gasteiger partial charge on any atom is -0.293 e. The van der Waals surface area contributed by atoms with Crippen LogP contribution in [0.1, 0.15) is 29.8 Å². The number of Topliss-reactive ketones (excluding diaryl/α,β-unsaturated/α-hetero) is 1. The molecule has 0 bridgehead atoms. The lowest BCUT2D eigenvalue weighted by Crippen LogP contribution is -2.30. The van der Waals surface area contributed by atoms with Gasteiger partial charge in [0.2, 0.25) is 0 Å². The van der Waals surface area contributed by atoms with Gasteiger partial charge in [0.1, 0.15) is 17.5 Å². The Kier molecular flexibility index (Phi) is 3.66. The molecule has 0 spiro atoms. The van der Waals surface area contributed by atoms with Crippen LogP contribution in [-0.2, 0) is 5.41 Å². The molecule has 2 aromatic carbocycles. The summed E-state index contributed by atoms with van der Waals surface area (Å²) < 4.78 is 39.5. The largest absolute Gasteiger partial charge is 0.293 e. The minimum atomic E-state index is -1.04. The Morgan fingerprint density at radius 2 is 1.45 bits per heavy atom. The summed E-state index contributed by atoms with van der Waals surface area (Å²) in [5, 5.41) is 0. The van der Waals surface area contributed by atoms with Gasteiger partial charge in [-0.15, -0.1) is 0 Å². The zero-order valence-electron chi connectivity index (χ0n) is 11.1. The number of halogens is 3. The van der Waals surface area contributed by atoms with E-state index in [1.54, 1.807) is 13.8 Å². The van der Waals surface area contributed by atoms with Crippen LogP contribution in [0.4, 0.5) is 13.2 Å². The average molecular weight is 278 g/mol. The molecule has 0 aliphatic heterocycles. The second-order valence-corrected chi connectivity index (χ2v) is 5.09. The van der Waals surface area contributed by atoms with Gasteiger partial charge in [-0.25, -0.2) is 13.2 Å². The van der Waals surface area contributed by atoms with E-state index in [2.05, 4.69) is 0 Å². The van der Waals surface area contributed by atoms with E-state index in [1.807, 2.05) is 0 Å². The number of carbonyl (C=O) groups excluding carboxylic acids is 1. The van der Waals surface area contributed by atoms with E-state index in [0.29, 0.717) is 11.6 Å². The lowest BCUT2D eigenvalue weighted by Gasteiger charge is -2.24. The third-order valence-corrected chi connectivity index (χ3v) is 3.31. The van der Waals surface area contributed by atoms with Crippen LogP contribution in [0, 0.1) is 17.5 Å². The first-order valence-corrected chi connectivity index (χ1v) is 6.08. The maximum absolute atomic E-state index is 13.7. The number of rotatable bonds is 3. The van der Waals surface area contributed by atoms with Gasteiger partial charge in [-0.3, -0.25) is 4.79 Å². The van der Waals surface area contributed by atoms with Crippen LogP contribution >= 0.6 is 0 Å². The smallest absolute Gasteiger partial charge is 0.175 e. The number of hydrogen-bond acceptors (Lipinski definition) is 1. The van der Waals surface area contributed by atoms with E-state index >= 15 is 0 Å². The normalized spacial score (nSPS) is 11.4. The Morgan fingerprint density at radius 3 is 2.00 bits per heavy atom. The summed E-state index contributed by atoms with van der Waals surface area (Å²) in [6, 6.07) is 8.28. The van der Waals surface area contributed by atoms with Gasteiger partial charge in [-0.05, 0) is 43.7 Å². The highest BCUT2D eigenvalue weighted by Gasteiger charge is 2.32. The van der Waals surface area contributed by atoms with Crippen molar-refractivity contribution in [1.29, 1.82) is 0 Å². The molecule has 0 unspecified atom stereocenters. The van der Waals surface area contributed by atoms with Crippen molar-refractivity contribution in [2.45, 2.75) is 19.3 Å². The molecule has 20 heavy (non-hydrogen) atoms. The first-order chi connectivity index (χ1) is 9.32. The van der Waals surface area contributed by atoms with E-state index in [9.17, 15) is 18.0 Å². The van der Waals surface area contributed by atoms with Crippen LogP contribution in [0.2, 0.25) is 0 Å². The lowest BCUT2D eigenvalue weighted by atomic mass is 9.78. The van der Waals surface area contributed by atoms with Gasteiger partial charge in [0, 0.05) is 6.07 Å². The van der Waals surface area contributed by atoms with Gasteiger partial charge in [0.15, 0.2) is 5.78 Å². The zero-order valence-corrected chi connectivity index (χ0v) is 11.1. The molecule has 0 fully saturated rings. The lowest BCUT2D eigenvalue weighted by molar-refractivity contribution is 0.0904. The van der Waals surface area contributed by atoms with E-state index in [-0.39, 0.29) is 5.56 Å². The van der Waals surface area contributed by atoms with Crippen LogP contribution in [0.25, 0.3) is 0 Å². The minimum absolute atomic E-state index is 0.180. The molecular weight excluding hydrogens is 265 g/mol. The zero-order chi connectivity index (χ0) is 14.9. The first kappa shape index (κ1) is 14.3. The molecule has 0 saturated heterocycles. The molecule has 0 amide bonds. The van der Waals surface area contributed by atoms with Crippen molar-refractivity contribution < 1.29 is 18.0 Å². The van der Waals surface area contributed by atoms with Gasteiger partial charge < -0.3 is 0 Å². The van der Waals surface area contributed by atoms with Gasteiger partial charge in [-0.1, -0.05) is 12.1 Å². The van der Waals surface area contributed by atoms with Crippen LogP contribution in [0.3, 0.4) is 0 Å². The third kappa shape index (κ3) is 2.59. The summed E-state index contributed by atoms with van der Waals surface area (Å²) in [7, 11) is 0. The van der Waals surface area contributed by atoms with Crippen molar-refractivity contribution in [2.75, 3.05) is 0 Å². The molecular formula is C16H13F3O. The second kappa shape index (κ2) is 5.12. The van der Waals surface area contributed by atoms with Crippen molar-refractivity contribution in [3.05, 3.63) is 71.0 Å². The van der Waals surface area contributed by atoms with Crippen LogP contribution in [-0.4, -0.2) is 5.78 Å². The van der Waals surface area contributed by atoms with E-state index in [1.165, 1.54) is 24.3 Å². The fraction of sp³-hybridized carbons (Fsp3) is 0.188. The molecule has 0 radical (unpaired) electrons. The Bertz CT molecular complexity index is 645.